The van der Waals surface area contributed by atoms with E-state index in [0.29, 0.717) is 12.1 Å². The minimum atomic E-state index is -0.335. The molecule has 0 aromatic heterocycles. The van der Waals surface area contributed by atoms with Crippen molar-refractivity contribution in [3.05, 3.63) is 68.3 Å². The predicted molar refractivity (Wildman–Crippen MR) is 85.8 cm³/mol. The van der Waals surface area contributed by atoms with Crippen LogP contribution in [0.2, 0.25) is 0 Å². The van der Waals surface area contributed by atoms with Crippen molar-refractivity contribution in [1.29, 1.82) is 0 Å². The Kier molecular flexibility index (Phi) is 4.26. The summed E-state index contributed by atoms with van der Waals surface area (Å²) < 4.78 is 0. The van der Waals surface area contributed by atoms with E-state index in [1.807, 2.05) is 13.0 Å². The molecule has 0 atom stereocenters. The fourth-order valence-electron chi connectivity index (χ4n) is 2.41. The Morgan fingerprint density at radius 1 is 1.00 bits per heavy atom. The number of nitrogens with zero attached hydrogens (tertiary/aromatic N) is 1. The molecular weight excluding hydrogens is 264 g/mol. The fourth-order valence-corrected chi connectivity index (χ4v) is 2.41. The largest absolute Gasteiger partial charge is 0.381 e. The highest BCUT2D eigenvalue weighted by Crippen LogP contribution is 2.27. The molecule has 0 amide bonds. The third-order valence-corrected chi connectivity index (χ3v) is 3.71. The molecule has 4 nitrogen and oxygen atoms in total. The van der Waals surface area contributed by atoms with E-state index in [1.54, 1.807) is 13.0 Å². The van der Waals surface area contributed by atoms with E-state index in [9.17, 15) is 10.1 Å². The van der Waals surface area contributed by atoms with Gasteiger partial charge in [0.2, 0.25) is 0 Å². The van der Waals surface area contributed by atoms with Gasteiger partial charge in [-0.2, -0.15) is 0 Å². The van der Waals surface area contributed by atoms with Crippen LogP contribution in [0, 0.1) is 37.8 Å². The summed E-state index contributed by atoms with van der Waals surface area (Å²) in [6, 6.07) is 9.79. The van der Waals surface area contributed by atoms with Crippen molar-refractivity contribution in [3.63, 3.8) is 0 Å². The summed E-state index contributed by atoms with van der Waals surface area (Å²) in [5, 5.41) is 14.4. The molecule has 2 aromatic rings. The lowest BCUT2D eigenvalue weighted by molar-refractivity contribution is -0.385. The van der Waals surface area contributed by atoms with Crippen LogP contribution < -0.4 is 5.32 Å². The molecule has 21 heavy (non-hydrogen) atoms. The highest BCUT2D eigenvalue weighted by atomic mass is 16.6. The second kappa shape index (κ2) is 5.95. The molecule has 0 fully saturated rings. The maximum atomic E-state index is 11.0. The number of rotatable bonds is 4. The maximum Gasteiger partial charge on any atom is 0.274 e. The Hall–Kier alpha value is -2.36. The van der Waals surface area contributed by atoms with E-state index in [1.165, 1.54) is 16.7 Å². The van der Waals surface area contributed by atoms with Gasteiger partial charge in [0, 0.05) is 23.9 Å². The zero-order chi connectivity index (χ0) is 15.6. The molecule has 0 bridgehead atoms. The summed E-state index contributed by atoms with van der Waals surface area (Å²) >= 11 is 0. The average molecular weight is 284 g/mol. The van der Waals surface area contributed by atoms with Crippen LogP contribution in [0.3, 0.4) is 0 Å². The Labute approximate surface area is 125 Å². The smallest absolute Gasteiger partial charge is 0.274 e. The van der Waals surface area contributed by atoms with E-state index in [0.717, 1.165) is 11.3 Å². The molecule has 0 saturated heterocycles. The van der Waals surface area contributed by atoms with Crippen LogP contribution in [0.25, 0.3) is 0 Å². The molecule has 1 N–H and O–H groups in total. The van der Waals surface area contributed by atoms with Crippen molar-refractivity contribution in [2.75, 3.05) is 5.32 Å². The molecule has 2 rings (SSSR count). The molecule has 2 aromatic carbocycles. The molecule has 0 aliphatic rings. The van der Waals surface area contributed by atoms with E-state index >= 15 is 0 Å². The molecule has 0 aliphatic carbocycles. The van der Waals surface area contributed by atoms with Crippen LogP contribution >= 0.6 is 0 Å². The molecule has 0 heterocycles. The molecule has 0 aliphatic heterocycles. The summed E-state index contributed by atoms with van der Waals surface area (Å²) in [6.45, 7) is 8.52. The number of benzene rings is 2. The first-order chi connectivity index (χ1) is 9.88. The minimum absolute atomic E-state index is 0.157. The number of hydrogen-bond donors (Lipinski definition) is 1. The highest BCUT2D eigenvalue weighted by Gasteiger charge is 2.13. The first kappa shape index (κ1) is 15.0. The number of nitro benzene ring substituents is 1. The van der Waals surface area contributed by atoms with Crippen molar-refractivity contribution in [3.8, 4) is 0 Å². The van der Waals surface area contributed by atoms with E-state index < -0.39 is 0 Å². The summed E-state index contributed by atoms with van der Waals surface area (Å²) in [4.78, 5) is 10.7. The molecule has 0 unspecified atom stereocenters. The first-order valence-electron chi connectivity index (χ1n) is 6.94. The van der Waals surface area contributed by atoms with Gasteiger partial charge >= 0.3 is 0 Å². The zero-order valence-electron chi connectivity index (χ0n) is 12.9. The van der Waals surface area contributed by atoms with Crippen LogP contribution in [0.15, 0.2) is 30.3 Å². The van der Waals surface area contributed by atoms with Crippen LogP contribution in [-0.2, 0) is 6.54 Å². The normalized spacial score (nSPS) is 10.5. The van der Waals surface area contributed by atoms with Gasteiger partial charge in [-0.1, -0.05) is 23.8 Å². The third kappa shape index (κ3) is 3.40. The van der Waals surface area contributed by atoms with Crippen LogP contribution in [0.4, 0.5) is 11.4 Å². The monoisotopic (exact) mass is 284 g/mol. The Bertz CT molecular complexity index is 693. The summed E-state index contributed by atoms with van der Waals surface area (Å²) in [5.74, 6) is 0. The molecule has 0 spiro atoms. The standard InChI is InChI=1S/C17H20N2O2/c1-11-5-6-12(2)15(7-11)10-18-16-9-17(19(20)21)14(4)8-13(16)3/h5-9,18H,10H2,1-4H3. The molecule has 4 heteroatoms. The SMILES string of the molecule is Cc1ccc(C)c(CNc2cc([N+](=O)[O-])c(C)cc2C)c1. The maximum absolute atomic E-state index is 11.0. The lowest BCUT2D eigenvalue weighted by Crippen LogP contribution is -2.04. The number of anilines is 1. The van der Waals surface area contributed by atoms with Gasteiger partial charge in [-0.05, 0) is 50.5 Å². The topological polar surface area (TPSA) is 55.2 Å². The summed E-state index contributed by atoms with van der Waals surface area (Å²) in [5.41, 5.74) is 6.31. The van der Waals surface area contributed by atoms with Gasteiger partial charge in [-0.15, -0.1) is 0 Å². The summed E-state index contributed by atoms with van der Waals surface area (Å²) in [7, 11) is 0. The van der Waals surface area contributed by atoms with Crippen LogP contribution in [0.5, 0.6) is 0 Å². The third-order valence-electron chi connectivity index (χ3n) is 3.71. The molecule has 110 valence electrons. The quantitative estimate of drug-likeness (QED) is 0.667. The Balaban J connectivity index is 2.25. The van der Waals surface area contributed by atoms with E-state index in [-0.39, 0.29) is 10.6 Å². The second-order valence-corrected chi connectivity index (χ2v) is 5.49. The molecule has 0 radical (unpaired) electrons. The van der Waals surface area contributed by atoms with E-state index in [2.05, 4.69) is 37.4 Å². The van der Waals surface area contributed by atoms with Gasteiger partial charge in [0.15, 0.2) is 0 Å². The number of nitro groups is 1. The van der Waals surface area contributed by atoms with Crippen molar-refractivity contribution in [1.82, 2.24) is 0 Å². The van der Waals surface area contributed by atoms with Crippen molar-refractivity contribution in [2.24, 2.45) is 0 Å². The van der Waals surface area contributed by atoms with Gasteiger partial charge in [0.05, 0.1) is 4.92 Å². The zero-order valence-corrected chi connectivity index (χ0v) is 12.9. The van der Waals surface area contributed by atoms with Gasteiger partial charge in [-0.25, -0.2) is 0 Å². The van der Waals surface area contributed by atoms with E-state index in [4.69, 9.17) is 0 Å². The highest BCUT2D eigenvalue weighted by molar-refractivity contribution is 5.60. The van der Waals surface area contributed by atoms with Crippen LogP contribution in [0.1, 0.15) is 27.8 Å². The van der Waals surface area contributed by atoms with Crippen molar-refractivity contribution in [2.45, 2.75) is 34.2 Å². The number of nitrogens with one attached hydrogen (secondary N) is 1. The predicted octanol–water partition coefficient (Wildman–Crippen LogP) is 4.44. The second-order valence-electron chi connectivity index (χ2n) is 5.49. The Morgan fingerprint density at radius 2 is 1.71 bits per heavy atom. The van der Waals surface area contributed by atoms with Gasteiger partial charge in [0.1, 0.15) is 0 Å². The summed E-state index contributed by atoms with van der Waals surface area (Å²) in [6.07, 6.45) is 0. The average Bonchev–Trinajstić information content (AvgIpc) is 2.41. The van der Waals surface area contributed by atoms with Crippen LogP contribution in [-0.4, -0.2) is 4.92 Å². The fraction of sp³-hybridized carbons (Fsp3) is 0.294. The van der Waals surface area contributed by atoms with Crippen molar-refractivity contribution < 1.29 is 4.92 Å². The van der Waals surface area contributed by atoms with Gasteiger partial charge in [-0.3, -0.25) is 10.1 Å². The number of hydrogen-bond acceptors (Lipinski definition) is 3. The molecular formula is C17H20N2O2. The van der Waals surface area contributed by atoms with Gasteiger partial charge in [0.25, 0.3) is 5.69 Å². The lowest BCUT2D eigenvalue weighted by Gasteiger charge is -2.13. The minimum Gasteiger partial charge on any atom is -0.381 e. The van der Waals surface area contributed by atoms with Crippen molar-refractivity contribution >= 4 is 11.4 Å². The molecule has 0 saturated carbocycles. The Morgan fingerprint density at radius 3 is 2.38 bits per heavy atom. The van der Waals surface area contributed by atoms with Gasteiger partial charge < -0.3 is 5.32 Å². The lowest BCUT2D eigenvalue weighted by atomic mass is 10.0. The first-order valence-corrected chi connectivity index (χ1v) is 6.94. The number of aryl methyl sites for hydroxylation is 4.